The first kappa shape index (κ1) is 32.3. The molecule has 5 nitrogen and oxygen atoms in total. The van der Waals surface area contributed by atoms with E-state index < -0.39 is 0 Å². The smallest absolute Gasteiger partial charge is 0.160 e. The standard InChI is InChI=1S/C50H33N5S/c1-3-16-38-44-46-42(36-22-11-14-25-40(36)54(46)33-19-8-5-9-20-33)43-37-23-12-15-26-41(37)55(47(43)48(44)56-50(38)51-2)34-29-27-32(28-30-34)49-52-39-24-13-10-21-35(39)45(53-49)31-17-6-4-7-18-31/h3-30H,2H2,1H3/b16-3-. The molecule has 11 rings (SSSR count). The lowest BCUT2D eigenvalue weighted by atomic mass is 10.0. The minimum atomic E-state index is 0.699. The predicted octanol–water partition coefficient (Wildman–Crippen LogP) is 13.7. The highest BCUT2D eigenvalue weighted by Crippen LogP contribution is 2.52. The van der Waals surface area contributed by atoms with E-state index in [1.807, 2.05) is 18.2 Å². The average Bonchev–Trinajstić information content (AvgIpc) is 3.92. The summed E-state index contributed by atoms with van der Waals surface area (Å²) in [7, 11) is 0. The summed E-state index contributed by atoms with van der Waals surface area (Å²) < 4.78 is 6.05. The zero-order valence-electron chi connectivity index (χ0n) is 30.5. The number of para-hydroxylation sites is 4. The van der Waals surface area contributed by atoms with Crippen molar-refractivity contribution < 1.29 is 0 Å². The van der Waals surface area contributed by atoms with Crippen molar-refractivity contribution in [3.63, 3.8) is 0 Å². The molecule has 0 fully saturated rings. The lowest BCUT2D eigenvalue weighted by Gasteiger charge is -2.13. The lowest BCUT2D eigenvalue weighted by Crippen LogP contribution is -1.97. The summed E-state index contributed by atoms with van der Waals surface area (Å²) >= 11 is 1.71. The van der Waals surface area contributed by atoms with E-state index >= 15 is 0 Å². The van der Waals surface area contributed by atoms with Crippen molar-refractivity contribution in [2.24, 2.45) is 4.99 Å². The zero-order valence-corrected chi connectivity index (χ0v) is 31.3. The Morgan fingerprint density at radius 2 is 1.12 bits per heavy atom. The molecular weight excluding hydrogens is 703 g/mol. The third-order valence-electron chi connectivity index (χ3n) is 10.9. The van der Waals surface area contributed by atoms with E-state index in [1.54, 1.807) is 11.3 Å². The Hall–Kier alpha value is -7.15. The van der Waals surface area contributed by atoms with Crippen molar-refractivity contribution in [1.82, 2.24) is 19.1 Å². The largest absolute Gasteiger partial charge is 0.309 e. The fourth-order valence-corrected chi connectivity index (χ4v) is 9.74. The Morgan fingerprint density at radius 1 is 0.554 bits per heavy atom. The number of hydrogen-bond acceptors (Lipinski definition) is 4. The lowest BCUT2D eigenvalue weighted by molar-refractivity contribution is 1.18. The van der Waals surface area contributed by atoms with Gasteiger partial charge in [-0.3, -0.25) is 4.99 Å². The molecule has 0 N–H and O–H groups in total. The van der Waals surface area contributed by atoms with Crippen molar-refractivity contribution in [2.45, 2.75) is 6.92 Å². The maximum absolute atomic E-state index is 5.16. The molecule has 264 valence electrons. The number of aliphatic imine (C=N–C) groups is 1. The molecule has 11 aromatic rings. The van der Waals surface area contributed by atoms with Crippen molar-refractivity contribution >= 4 is 93.7 Å². The minimum Gasteiger partial charge on any atom is -0.309 e. The maximum atomic E-state index is 5.16. The van der Waals surface area contributed by atoms with Gasteiger partial charge in [-0.1, -0.05) is 115 Å². The molecule has 0 unspecified atom stereocenters. The summed E-state index contributed by atoms with van der Waals surface area (Å²) in [4.78, 5) is 14.8. The van der Waals surface area contributed by atoms with Gasteiger partial charge in [-0.25, -0.2) is 9.97 Å². The van der Waals surface area contributed by atoms with Gasteiger partial charge in [0.05, 0.1) is 38.0 Å². The first-order chi connectivity index (χ1) is 27.7. The van der Waals surface area contributed by atoms with Crippen LogP contribution in [0.5, 0.6) is 0 Å². The highest BCUT2D eigenvalue weighted by atomic mass is 32.1. The number of aromatic nitrogens is 4. The number of hydrogen-bond donors (Lipinski definition) is 0. The van der Waals surface area contributed by atoms with Crippen LogP contribution >= 0.6 is 11.3 Å². The summed E-state index contributed by atoms with van der Waals surface area (Å²) in [5, 5.41) is 8.00. The van der Waals surface area contributed by atoms with Gasteiger partial charge in [0.1, 0.15) is 5.00 Å². The van der Waals surface area contributed by atoms with Crippen LogP contribution in [0.2, 0.25) is 0 Å². The van der Waals surface area contributed by atoms with Crippen molar-refractivity contribution in [3.8, 4) is 34.0 Å². The van der Waals surface area contributed by atoms with Crippen LogP contribution in [0.3, 0.4) is 0 Å². The first-order valence-corrected chi connectivity index (χ1v) is 19.6. The van der Waals surface area contributed by atoms with Crippen molar-refractivity contribution in [2.75, 3.05) is 0 Å². The second-order valence-corrected chi connectivity index (χ2v) is 15.0. The van der Waals surface area contributed by atoms with Crippen molar-refractivity contribution in [3.05, 3.63) is 169 Å². The molecule has 0 radical (unpaired) electrons. The molecule has 6 heteroatoms. The predicted molar refractivity (Wildman–Crippen MR) is 238 cm³/mol. The van der Waals surface area contributed by atoms with E-state index in [0.29, 0.717) is 5.82 Å². The first-order valence-electron chi connectivity index (χ1n) is 18.8. The van der Waals surface area contributed by atoms with Gasteiger partial charge in [-0.05, 0) is 68.2 Å². The van der Waals surface area contributed by atoms with Gasteiger partial charge in [0.25, 0.3) is 0 Å². The monoisotopic (exact) mass is 735 g/mol. The second kappa shape index (κ2) is 12.7. The van der Waals surface area contributed by atoms with E-state index in [1.165, 1.54) is 42.7 Å². The molecule has 0 atom stereocenters. The van der Waals surface area contributed by atoms with Gasteiger partial charge in [0, 0.05) is 60.4 Å². The molecule has 0 saturated carbocycles. The van der Waals surface area contributed by atoms with E-state index in [4.69, 9.17) is 9.97 Å². The molecule has 7 aromatic carbocycles. The third-order valence-corrected chi connectivity index (χ3v) is 12.0. The van der Waals surface area contributed by atoms with Crippen molar-refractivity contribution in [1.29, 1.82) is 0 Å². The fraction of sp³-hybridized carbons (Fsp3) is 0.0200. The van der Waals surface area contributed by atoms with Crippen LogP contribution < -0.4 is 0 Å². The Balaban J connectivity index is 1.24. The molecule has 4 aromatic heterocycles. The van der Waals surface area contributed by atoms with Crippen LogP contribution in [0.15, 0.2) is 169 Å². The van der Waals surface area contributed by atoms with Crippen LogP contribution in [-0.4, -0.2) is 25.8 Å². The molecule has 0 aliphatic carbocycles. The molecule has 0 aliphatic rings. The van der Waals surface area contributed by atoms with Gasteiger partial charge in [-0.2, -0.15) is 0 Å². The van der Waals surface area contributed by atoms with Crippen LogP contribution in [0.25, 0.3) is 105 Å². The fourth-order valence-electron chi connectivity index (χ4n) is 8.60. The molecule has 56 heavy (non-hydrogen) atoms. The Morgan fingerprint density at radius 3 is 1.80 bits per heavy atom. The molecule has 0 bridgehead atoms. The Bertz CT molecular complexity index is 3370. The Kier molecular flexibility index (Phi) is 7.34. The van der Waals surface area contributed by atoms with Gasteiger partial charge in [0.2, 0.25) is 0 Å². The number of allylic oxidation sites excluding steroid dienone is 1. The average molecular weight is 736 g/mol. The second-order valence-electron chi connectivity index (χ2n) is 14.0. The van der Waals surface area contributed by atoms with Crippen LogP contribution in [0.4, 0.5) is 5.00 Å². The van der Waals surface area contributed by atoms with Crippen LogP contribution in [0, 0.1) is 0 Å². The summed E-state index contributed by atoms with van der Waals surface area (Å²) in [6, 6.07) is 55.6. The van der Waals surface area contributed by atoms with Gasteiger partial charge >= 0.3 is 0 Å². The highest BCUT2D eigenvalue weighted by molar-refractivity contribution is 7.24. The molecule has 4 heterocycles. The van der Waals surface area contributed by atoms with E-state index in [2.05, 4.69) is 179 Å². The molecule has 0 amide bonds. The summed E-state index contributed by atoms with van der Waals surface area (Å²) in [5.74, 6) is 0.699. The summed E-state index contributed by atoms with van der Waals surface area (Å²) in [6.07, 6.45) is 4.30. The molecule has 0 saturated heterocycles. The van der Waals surface area contributed by atoms with Gasteiger partial charge in [0.15, 0.2) is 5.82 Å². The van der Waals surface area contributed by atoms with E-state index in [0.717, 1.165) is 60.7 Å². The quantitative estimate of drug-likeness (QED) is 0.160. The normalized spacial score (nSPS) is 12.0. The minimum absolute atomic E-state index is 0.699. The SMILES string of the molecule is C=Nc1sc2c(c1/C=C\C)c1c(c3ccccc3n1-c1ccccc1)c1c3ccccc3n(-c3ccc(-c4nc(-c5ccccc5)c5ccccc5n4)cc3)c21. The molecule has 0 aliphatic heterocycles. The maximum Gasteiger partial charge on any atom is 0.160 e. The summed E-state index contributed by atoms with van der Waals surface area (Å²) in [6.45, 7) is 6.13. The van der Waals surface area contributed by atoms with Crippen LogP contribution in [-0.2, 0) is 0 Å². The summed E-state index contributed by atoms with van der Waals surface area (Å²) in [5.41, 5.74) is 11.8. The number of rotatable bonds is 6. The van der Waals surface area contributed by atoms with Gasteiger partial charge in [-0.15, -0.1) is 11.3 Å². The number of fused-ring (bicyclic) bond motifs is 11. The topological polar surface area (TPSA) is 48.0 Å². The Labute approximate surface area is 326 Å². The number of thiophene rings is 1. The zero-order chi connectivity index (χ0) is 37.3. The molecular formula is C50H33N5S. The highest BCUT2D eigenvalue weighted by Gasteiger charge is 2.27. The molecule has 0 spiro atoms. The third kappa shape index (κ3) is 4.69. The van der Waals surface area contributed by atoms with Crippen LogP contribution in [0.1, 0.15) is 12.5 Å². The van der Waals surface area contributed by atoms with E-state index in [9.17, 15) is 0 Å². The number of benzene rings is 7. The number of nitrogens with zero attached hydrogens (tertiary/aromatic N) is 5. The van der Waals surface area contributed by atoms with E-state index in [-0.39, 0.29) is 0 Å². The van der Waals surface area contributed by atoms with Gasteiger partial charge < -0.3 is 9.13 Å².